The standard InChI is InChI=1S/C30H40FN3O4/c1-4-38-28(35)25-10-8-23(9-11-25)21-34(29(36)33-16-18-37-19-17-33)27-7-5-6-26(20-27)24-12-14-32(15-13-24)22-30(2,3)31/h5-11,20,24H,4,12-19,21-22H2,1-3H3. The van der Waals surface area contributed by atoms with Gasteiger partial charge in [0, 0.05) is 25.3 Å². The third-order valence-corrected chi connectivity index (χ3v) is 7.16. The Hall–Kier alpha value is -2.97. The van der Waals surface area contributed by atoms with Crippen molar-refractivity contribution in [2.75, 3.05) is 57.4 Å². The smallest absolute Gasteiger partial charge is 0.338 e. The van der Waals surface area contributed by atoms with Crippen LogP contribution in [0.15, 0.2) is 48.5 Å². The predicted octanol–water partition coefficient (Wildman–Crippen LogP) is 5.25. The van der Waals surface area contributed by atoms with Crippen LogP contribution in [0.4, 0.5) is 14.9 Å². The average molecular weight is 526 g/mol. The molecule has 2 aromatic carbocycles. The Labute approximate surface area is 225 Å². The third-order valence-electron chi connectivity index (χ3n) is 7.16. The van der Waals surface area contributed by atoms with E-state index in [1.54, 1.807) is 32.9 Å². The van der Waals surface area contributed by atoms with Gasteiger partial charge in [0.25, 0.3) is 0 Å². The average Bonchev–Trinajstić information content (AvgIpc) is 2.92. The molecule has 0 bridgehead atoms. The lowest BCUT2D eigenvalue weighted by Gasteiger charge is -2.35. The third kappa shape index (κ3) is 7.54. The van der Waals surface area contributed by atoms with Crippen molar-refractivity contribution in [3.8, 4) is 0 Å². The van der Waals surface area contributed by atoms with Crippen LogP contribution in [0.25, 0.3) is 0 Å². The van der Waals surface area contributed by atoms with Gasteiger partial charge in [0.2, 0.25) is 0 Å². The lowest BCUT2D eigenvalue weighted by atomic mass is 9.88. The Balaban J connectivity index is 1.52. The number of likely N-dealkylation sites (tertiary alicyclic amines) is 1. The molecule has 0 spiro atoms. The number of halogens is 1. The van der Waals surface area contributed by atoms with E-state index in [1.165, 1.54) is 5.56 Å². The van der Waals surface area contributed by atoms with Crippen molar-refractivity contribution >= 4 is 17.7 Å². The monoisotopic (exact) mass is 525 g/mol. The zero-order valence-corrected chi connectivity index (χ0v) is 22.8. The number of esters is 1. The van der Waals surface area contributed by atoms with Crippen LogP contribution in [0.1, 0.15) is 61.0 Å². The molecule has 4 rings (SSSR count). The van der Waals surface area contributed by atoms with Crippen molar-refractivity contribution in [2.24, 2.45) is 0 Å². The first-order valence-corrected chi connectivity index (χ1v) is 13.6. The molecule has 0 aliphatic carbocycles. The van der Waals surface area contributed by atoms with Crippen LogP contribution < -0.4 is 4.90 Å². The zero-order chi connectivity index (χ0) is 27.1. The van der Waals surface area contributed by atoms with Crippen molar-refractivity contribution in [1.82, 2.24) is 9.80 Å². The molecule has 0 aromatic heterocycles. The van der Waals surface area contributed by atoms with Crippen LogP contribution >= 0.6 is 0 Å². The number of piperidine rings is 1. The maximum Gasteiger partial charge on any atom is 0.338 e. The van der Waals surface area contributed by atoms with E-state index in [0.717, 1.165) is 37.2 Å². The number of urea groups is 1. The molecule has 0 atom stereocenters. The molecule has 2 amide bonds. The molecule has 2 fully saturated rings. The first-order chi connectivity index (χ1) is 18.2. The normalized spacial score (nSPS) is 17.3. The van der Waals surface area contributed by atoms with Crippen molar-refractivity contribution in [2.45, 2.75) is 51.7 Å². The lowest BCUT2D eigenvalue weighted by Crippen LogP contribution is -2.48. The first-order valence-electron chi connectivity index (χ1n) is 13.6. The van der Waals surface area contributed by atoms with E-state index in [2.05, 4.69) is 17.0 Å². The fourth-order valence-corrected chi connectivity index (χ4v) is 5.24. The van der Waals surface area contributed by atoms with E-state index < -0.39 is 5.67 Å². The summed E-state index contributed by atoms with van der Waals surface area (Å²) in [7, 11) is 0. The van der Waals surface area contributed by atoms with E-state index in [0.29, 0.717) is 57.5 Å². The molecule has 7 nitrogen and oxygen atoms in total. The fraction of sp³-hybridized carbons (Fsp3) is 0.533. The SMILES string of the molecule is CCOC(=O)c1ccc(CN(C(=O)N2CCOCC2)c2cccc(C3CCN(CC(C)(C)F)CC3)c2)cc1. The number of carbonyl (C=O) groups is 2. The number of morpholine rings is 1. The van der Waals surface area contributed by atoms with Gasteiger partial charge in [0.15, 0.2) is 0 Å². The van der Waals surface area contributed by atoms with E-state index >= 15 is 0 Å². The Morgan fingerprint density at radius 1 is 1.05 bits per heavy atom. The fourth-order valence-electron chi connectivity index (χ4n) is 5.24. The van der Waals surface area contributed by atoms with Crippen molar-refractivity contribution in [1.29, 1.82) is 0 Å². The van der Waals surface area contributed by atoms with Gasteiger partial charge in [-0.25, -0.2) is 14.0 Å². The summed E-state index contributed by atoms with van der Waals surface area (Å²) < 4.78 is 24.7. The molecule has 0 radical (unpaired) electrons. The number of hydrogen-bond donors (Lipinski definition) is 0. The van der Waals surface area contributed by atoms with E-state index in [4.69, 9.17) is 9.47 Å². The van der Waals surface area contributed by atoms with E-state index in [9.17, 15) is 14.0 Å². The number of nitrogens with zero attached hydrogens (tertiary/aromatic N) is 3. The predicted molar refractivity (Wildman–Crippen MR) is 146 cm³/mol. The van der Waals surface area contributed by atoms with E-state index in [-0.39, 0.29) is 12.0 Å². The van der Waals surface area contributed by atoms with Gasteiger partial charge < -0.3 is 19.3 Å². The molecule has 2 heterocycles. The molecule has 0 saturated carbocycles. The van der Waals surface area contributed by atoms with Gasteiger partial charge in [-0.15, -0.1) is 0 Å². The Bertz CT molecular complexity index is 1070. The summed E-state index contributed by atoms with van der Waals surface area (Å²) in [6.45, 7) is 10.1. The molecule has 8 heteroatoms. The van der Waals surface area contributed by atoms with Crippen LogP contribution in [-0.4, -0.2) is 80.0 Å². The minimum Gasteiger partial charge on any atom is -0.462 e. The molecular weight excluding hydrogens is 485 g/mol. The molecule has 38 heavy (non-hydrogen) atoms. The largest absolute Gasteiger partial charge is 0.462 e. The highest BCUT2D eigenvalue weighted by Gasteiger charge is 2.28. The summed E-state index contributed by atoms with van der Waals surface area (Å²) in [6.07, 6.45) is 1.93. The number of benzene rings is 2. The van der Waals surface area contributed by atoms with Crippen LogP contribution in [-0.2, 0) is 16.0 Å². The Morgan fingerprint density at radius 3 is 2.37 bits per heavy atom. The van der Waals surface area contributed by atoms with Crippen LogP contribution in [0.2, 0.25) is 0 Å². The Morgan fingerprint density at radius 2 is 1.74 bits per heavy atom. The second-order valence-electron chi connectivity index (χ2n) is 10.7. The van der Waals surface area contributed by atoms with Gasteiger partial charge in [-0.2, -0.15) is 0 Å². The van der Waals surface area contributed by atoms with Gasteiger partial charge >= 0.3 is 12.0 Å². The maximum atomic E-state index is 14.1. The quantitative estimate of drug-likeness (QED) is 0.441. The van der Waals surface area contributed by atoms with Crippen molar-refractivity contribution in [3.05, 3.63) is 65.2 Å². The van der Waals surface area contributed by atoms with Crippen LogP contribution in [0, 0.1) is 0 Å². The Kier molecular flexibility index (Phi) is 9.39. The summed E-state index contributed by atoms with van der Waals surface area (Å²) in [4.78, 5) is 31.6. The topological polar surface area (TPSA) is 62.3 Å². The number of hydrogen-bond acceptors (Lipinski definition) is 5. The number of rotatable bonds is 8. The molecule has 2 saturated heterocycles. The van der Waals surface area contributed by atoms with Gasteiger partial charge in [0.1, 0.15) is 5.67 Å². The molecule has 2 aliphatic heterocycles. The first kappa shape index (κ1) is 28.0. The van der Waals surface area contributed by atoms with Crippen molar-refractivity contribution in [3.63, 3.8) is 0 Å². The number of ether oxygens (including phenoxy) is 2. The number of amides is 2. The van der Waals surface area contributed by atoms with Gasteiger partial charge in [0.05, 0.1) is 31.9 Å². The number of carbonyl (C=O) groups excluding carboxylic acids is 2. The van der Waals surface area contributed by atoms with Crippen LogP contribution in [0.3, 0.4) is 0 Å². The minimum atomic E-state index is -1.19. The highest BCUT2D eigenvalue weighted by molar-refractivity contribution is 5.92. The van der Waals surface area contributed by atoms with Gasteiger partial charge in [-0.05, 0) is 88.0 Å². The molecular formula is C30H40FN3O4. The maximum absolute atomic E-state index is 14.1. The van der Waals surface area contributed by atoms with Crippen molar-refractivity contribution < 1.29 is 23.5 Å². The molecule has 0 N–H and O–H groups in total. The summed E-state index contributed by atoms with van der Waals surface area (Å²) in [5.74, 6) is 0.0206. The number of anilines is 1. The molecule has 2 aromatic rings. The second kappa shape index (κ2) is 12.7. The number of alkyl halides is 1. The molecule has 0 unspecified atom stereocenters. The lowest BCUT2D eigenvalue weighted by molar-refractivity contribution is 0.0526. The highest BCUT2D eigenvalue weighted by atomic mass is 19.1. The second-order valence-corrected chi connectivity index (χ2v) is 10.7. The van der Waals surface area contributed by atoms with Gasteiger partial charge in [-0.1, -0.05) is 24.3 Å². The summed E-state index contributed by atoms with van der Waals surface area (Å²) in [6, 6.07) is 15.4. The summed E-state index contributed by atoms with van der Waals surface area (Å²) in [5, 5.41) is 0. The summed E-state index contributed by atoms with van der Waals surface area (Å²) >= 11 is 0. The van der Waals surface area contributed by atoms with Gasteiger partial charge in [-0.3, -0.25) is 4.90 Å². The molecule has 206 valence electrons. The highest BCUT2D eigenvalue weighted by Crippen LogP contribution is 2.32. The summed E-state index contributed by atoms with van der Waals surface area (Å²) in [5.41, 5.74) is 2.28. The van der Waals surface area contributed by atoms with Crippen LogP contribution in [0.5, 0.6) is 0 Å². The minimum absolute atomic E-state index is 0.0556. The van der Waals surface area contributed by atoms with E-state index in [1.807, 2.05) is 34.1 Å². The zero-order valence-electron chi connectivity index (χ0n) is 22.8. The molecule has 2 aliphatic rings.